The van der Waals surface area contributed by atoms with Gasteiger partial charge in [-0.1, -0.05) is 12.1 Å². The number of carbonyl (C=O) groups excluding carboxylic acids is 2. The van der Waals surface area contributed by atoms with E-state index in [1.165, 1.54) is 21.3 Å². The Hall–Kier alpha value is -3.26. The fourth-order valence-corrected chi connectivity index (χ4v) is 2.69. The molecular weight excluding hydrogens is 362 g/mol. The number of amides is 2. The van der Waals surface area contributed by atoms with Crippen LogP contribution in [0.3, 0.4) is 0 Å². The average molecular weight is 387 g/mol. The minimum atomic E-state index is -0.297. The van der Waals surface area contributed by atoms with Crippen molar-refractivity contribution in [2.45, 2.75) is 6.42 Å². The predicted molar refractivity (Wildman–Crippen MR) is 106 cm³/mol. The van der Waals surface area contributed by atoms with E-state index < -0.39 is 0 Å². The van der Waals surface area contributed by atoms with Gasteiger partial charge in [0.05, 0.1) is 39.0 Å². The smallest absolute Gasteiger partial charge is 0.253 e. The van der Waals surface area contributed by atoms with Gasteiger partial charge in [-0.25, -0.2) is 0 Å². The number of nitrogens with two attached hydrogens (primary N) is 1. The molecule has 0 aliphatic carbocycles. The highest BCUT2D eigenvalue weighted by atomic mass is 16.5. The van der Waals surface area contributed by atoms with Gasteiger partial charge in [0.2, 0.25) is 11.7 Å². The lowest BCUT2D eigenvalue weighted by Crippen LogP contribution is -2.30. The summed E-state index contributed by atoms with van der Waals surface area (Å²) in [7, 11) is 4.54. The minimum Gasteiger partial charge on any atom is -0.493 e. The fourth-order valence-electron chi connectivity index (χ4n) is 2.69. The number of rotatable bonds is 9. The number of ether oxygens (including phenoxy) is 3. The maximum atomic E-state index is 12.5. The van der Waals surface area contributed by atoms with Crippen LogP contribution in [0, 0.1) is 0 Å². The largest absolute Gasteiger partial charge is 0.493 e. The third-order valence-electron chi connectivity index (χ3n) is 3.96. The maximum absolute atomic E-state index is 12.5. The van der Waals surface area contributed by atoms with Gasteiger partial charge in [0, 0.05) is 13.1 Å². The van der Waals surface area contributed by atoms with E-state index in [9.17, 15) is 9.59 Å². The molecule has 0 bridgehead atoms. The molecule has 2 amide bonds. The van der Waals surface area contributed by atoms with Crippen LogP contribution in [0.15, 0.2) is 36.4 Å². The summed E-state index contributed by atoms with van der Waals surface area (Å²) in [6.45, 7) is 0.688. The van der Waals surface area contributed by atoms with E-state index in [-0.39, 0.29) is 18.2 Å². The van der Waals surface area contributed by atoms with Gasteiger partial charge in [-0.3, -0.25) is 9.59 Å². The Balaban J connectivity index is 2.18. The topological polar surface area (TPSA) is 112 Å². The number of benzene rings is 2. The molecule has 2 aromatic rings. The molecule has 0 fully saturated rings. The molecule has 0 saturated heterocycles. The highest BCUT2D eigenvalue weighted by Crippen LogP contribution is 2.38. The first kappa shape index (κ1) is 21.0. The normalized spacial score (nSPS) is 10.1. The van der Waals surface area contributed by atoms with Crippen molar-refractivity contribution in [3.63, 3.8) is 0 Å². The van der Waals surface area contributed by atoms with Crippen LogP contribution in [0.1, 0.15) is 15.9 Å². The molecule has 150 valence electrons. The van der Waals surface area contributed by atoms with Crippen molar-refractivity contribution in [3.05, 3.63) is 47.5 Å². The van der Waals surface area contributed by atoms with Crippen molar-refractivity contribution < 1.29 is 23.8 Å². The second-order valence-electron chi connectivity index (χ2n) is 5.85. The summed E-state index contributed by atoms with van der Waals surface area (Å²) >= 11 is 0. The van der Waals surface area contributed by atoms with E-state index in [0.29, 0.717) is 47.2 Å². The number of para-hydroxylation sites is 1. The first-order chi connectivity index (χ1) is 13.5. The highest BCUT2D eigenvalue weighted by molar-refractivity contribution is 6.04. The Labute approximate surface area is 164 Å². The zero-order chi connectivity index (χ0) is 20.5. The van der Waals surface area contributed by atoms with Crippen molar-refractivity contribution in [1.29, 1.82) is 0 Å². The molecule has 0 aromatic heterocycles. The molecule has 0 aliphatic rings. The average Bonchev–Trinajstić information content (AvgIpc) is 2.71. The van der Waals surface area contributed by atoms with E-state index in [1.54, 1.807) is 36.4 Å². The fraction of sp³-hybridized carbons (Fsp3) is 0.300. The molecule has 8 heteroatoms. The van der Waals surface area contributed by atoms with Crippen LogP contribution in [-0.2, 0) is 11.2 Å². The van der Waals surface area contributed by atoms with Crippen molar-refractivity contribution >= 4 is 17.5 Å². The van der Waals surface area contributed by atoms with Gasteiger partial charge in [-0.2, -0.15) is 0 Å². The summed E-state index contributed by atoms with van der Waals surface area (Å²) in [5.74, 6) is 0.802. The first-order valence-electron chi connectivity index (χ1n) is 8.70. The molecule has 2 aromatic carbocycles. The van der Waals surface area contributed by atoms with Crippen LogP contribution in [0.25, 0.3) is 0 Å². The Bertz CT molecular complexity index is 813. The standard InChI is InChI=1S/C20H25N3O5/c1-26-16-10-13(11-17(27-2)19(16)28-3)12-18(24)23-15-7-5-4-6-14(15)20(25)22-9-8-21/h4-7,10-11H,8-9,12,21H2,1-3H3,(H,22,25)(H,23,24). The van der Waals surface area contributed by atoms with E-state index in [0.717, 1.165) is 0 Å². The van der Waals surface area contributed by atoms with Crippen LogP contribution in [0.5, 0.6) is 17.2 Å². The molecule has 0 heterocycles. The summed E-state index contributed by atoms with van der Waals surface area (Å²) in [4.78, 5) is 24.8. The van der Waals surface area contributed by atoms with E-state index in [2.05, 4.69) is 10.6 Å². The minimum absolute atomic E-state index is 0.0649. The van der Waals surface area contributed by atoms with Crippen LogP contribution in [0.4, 0.5) is 5.69 Å². The number of hydrogen-bond donors (Lipinski definition) is 3. The Kier molecular flexibility index (Phi) is 7.65. The number of hydrogen-bond acceptors (Lipinski definition) is 6. The van der Waals surface area contributed by atoms with Crippen LogP contribution in [0.2, 0.25) is 0 Å². The van der Waals surface area contributed by atoms with Crippen molar-refractivity contribution in [2.75, 3.05) is 39.7 Å². The van der Waals surface area contributed by atoms with Gasteiger partial charge in [0.1, 0.15) is 0 Å². The Morgan fingerprint density at radius 1 is 1.00 bits per heavy atom. The van der Waals surface area contributed by atoms with E-state index >= 15 is 0 Å². The molecule has 0 atom stereocenters. The van der Waals surface area contributed by atoms with Crippen molar-refractivity contribution in [1.82, 2.24) is 5.32 Å². The molecule has 0 aliphatic heterocycles. The van der Waals surface area contributed by atoms with E-state index in [4.69, 9.17) is 19.9 Å². The summed E-state index contributed by atoms with van der Waals surface area (Å²) in [5.41, 5.74) is 6.89. The number of methoxy groups -OCH3 is 3. The zero-order valence-corrected chi connectivity index (χ0v) is 16.2. The number of carbonyl (C=O) groups is 2. The van der Waals surface area contributed by atoms with Gasteiger partial charge in [-0.15, -0.1) is 0 Å². The molecule has 2 rings (SSSR count). The lowest BCUT2D eigenvalue weighted by molar-refractivity contribution is -0.115. The zero-order valence-electron chi connectivity index (χ0n) is 16.2. The summed E-state index contributed by atoms with van der Waals surface area (Å²) in [6.07, 6.45) is 0.0649. The lowest BCUT2D eigenvalue weighted by Gasteiger charge is -2.14. The third-order valence-corrected chi connectivity index (χ3v) is 3.96. The monoisotopic (exact) mass is 387 g/mol. The molecule has 4 N–H and O–H groups in total. The van der Waals surface area contributed by atoms with Gasteiger partial charge < -0.3 is 30.6 Å². The highest BCUT2D eigenvalue weighted by Gasteiger charge is 2.16. The molecule has 8 nitrogen and oxygen atoms in total. The molecule has 0 unspecified atom stereocenters. The predicted octanol–water partition coefficient (Wildman–Crippen LogP) is 1.58. The van der Waals surface area contributed by atoms with Gasteiger partial charge in [0.25, 0.3) is 5.91 Å². The quantitative estimate of drug-likeness (QED) is 0.602. The van der Waals surface area contributed by atoms with Crippen molar-refractivity contribution in [2.24, 2.45) is 5.73 Å². The molecule has 0 spiro atoms. The van der Waals surface area contributed by atoms with Gasteiger partial charge in [0.15, 0.2) is 11.5 Å². The second-order valence-corrected chi connectivity index (χ2v) is 5.85. The summed E-state index contributed by atoms with van der Waals surface area (Å²) in [5, 5.41) is 5.47. The maximum Gasteiger partial charge on any atom is 0.253 e. The molecule has 0 saturated carbocycles. The number of nitrogens with one attached hydrogen (secondary N) is 2. The second kappa shape index (κ2) is 10.2. The SMILES string of the molecule is COc1cc(CC(=O)Nc2ccccc2C(=O)NCCN)cc(OC)c1OC. The van der Waals surface area contributed by atoms with Crippen LogP contribution in [-0.4, -0.2) is 46.2 Å². The molecular formula is C20H25N3O5. The first-order valence-corrected chi connectivity index (χ1v) is 8.70. The molecule has 28 heavy (non-hydrogen) atoms. The van der Waals surface area contributed by atoms with Crippen LogP contribution < -0.4 is 30.6 Å². The van der Waals surface area contributed by atoms with Crippen LogP contribution >= 0.6 is 0 Å². The molecule has 0 radical (unpaired) electrons. The van der Waals surface area contributed by atoms with Crippen molar-refractivity contribution in [3.8, 4) is 17.2 Å². The number of anilines is 1. The van der Waals surface area contributed by atoms with Gasteiger partial charge in [-0.05, 0) is 29.8 Å². The Morgan fingerprint density at radius 2 is 1.64 bits per heavy atom. The van der Waals surface area contributed by atoms with E-state index in [1.807, 2.05) is 0 Å². The summed E-state index contributed by atoms with van der Waals surface area (Å²) < 4.78 is 15.9. The van der Waals surface area contributed by atoms with Gasteiger partial charge >= 0.3 is 0 Å². The summed E-state index contributed by atoms with van der Waals surface area (Å²) in [6, 6.07) is 10.2. The Morgan fingerprint density at radius 3 is 2.21 bits per heavy atom. The lowest BCUT2D eigenvalue weighted by atomic mass is 10.1. The third kappa shape index (κ3) is 5.14.